The Morgan fingerprint density at radius 2 is 1.38 bits per heavy atom. The minimum absolute atomic E-state index is 0.471. The molecule has 18 heteroatoms. The van der Waals surface area contributed by atoms with Gasteiger partial charge in [0.25, 0.3) is 11.8 Å². The SMILES string of the molecule is CO[C@H]1O[C@H](C(=O)N=N/C=c2/cc/c(=C(\c3ccc(/C=N/NC(=O)[C@H]4O[C@H](OC)[C@H](O)[C@@H](O)[C@@H]4O)[nH]3)c3c(C)cc(C)cc3C)[nH]2)[C@@H](O)[C@H](O)[C@H]1O. The molecule has 0 unspecified atom stereocenters. The number of rotatable bonds is 9. The molecule has 2 aliphatic heterocycles. The fraction of sp³-hybridized carbons (Fsp3) is 0.441. The Labute approximate surface area is 296 Å². The van der Waals surface area contributed by atoms with E-state index >= 15 is 0 Å². The zero-order chi connectivity index (χ0) is 37.9. The number of aromatic amines is 2. The number of aromatic nitrogens is 2. The number of hydrogen-bond acceptors (Lipinski definition) is 14. The van der Waals surface area contributed by atoms with Gasteiger partial charge in [0.2, 0.25) is 0 Å². The summed E-state index contributed by atoms with van der Waals surface area (Å²) < 4.78 is 20.4. The molecule has 2 fully saturated rings. The Kier molecular flexibility index (Phi) is 12.3. The van der Waals surface area contributed by atoms with Crippen molar-refractivity contribution in [3.8, 4) is 0 Å². The number of H-pyrrole nitrogens is 2. The number of hydrogen-bond donors (Lipinski definition) is 9. The highest BCUT2D eigenvalue weighted by atomic mass is 16.7. The Morgan fingerprint density at radius 3 is 2.00 bits per heavy atom. The molecule has 2 aromatic heterocycles. The molecule has 52 heavy (non-hydrogen) atoms. The van der Waals surface area contributed by atoms with E-state index in [4.69, 9.17) is 18.9 Å². The van der Waals surface area contributed by atoms with Gasteiger partial charge < -0.3 is 59.6 Å². The van der Waals surface area contributed by atoms with Crippen LogP contribution in [0.5, 0.6) is 0 Å². The van der Waals surface area contributed by atoms with E-state index in [1.165, 1.54) is 26.6 Å². The second kappa shape index (κ2) is 16.5. The zero-order valence-corrected chi connectivity index (χ0v) is 28.9. The third-order valence-corrected chi connectivity index (χ3v) is 8.72. The standard InChI is InChI=1S/C34H42N6O12/c1-14-10-15(2)21(16(3)11-14)22(19-8-6-17(37-19)12-35-39-31(47)29-25(43)23(41)27(45)33(49-4)51-29)20-9-7-18(38-20)13-36-40-32(48)30-26(44)24(42)28(46)34(50-5)52-30/h6-13,23-30,33-34,37-38,41-46H,1-5H3,(H,39,47)/b18-13-,22-20-,35-12+,40-36?/t23-,24-,25-,26-,27+,28+,29-,30-,33-,34-/m0/s1. The largest absolute Gasteiger partial charge is 0.387 e. The monoisotopic (exact) mass is 726 g/mol. The van der Waals surface area contributed by atoms with Crippen LogP contribution in [0, 0.1) is 20.8 Å². The first-order chi connectivity index (χ1) is 24.7. The van der Waals surface area contributed by atoms with E-state index in [0.717, 1.165) is 27.8 Å². The van der Waals surface area contributed by atoms with Crippen molar-refractivity contribution in [3.05, 3.63) is 80.7 Å². The van der Waals surface area contributed by atoms with Gasteiger partial charge in [-0.05, 0) is 61.7 Å². The zero-order valence-electron chi connectivity index (χ0n) is 28.9. The van der Waals surface area contributed by atoms with Crippen molar-refractivity contribution in [2.45, 2.75) is 82.2 Å². The summed E-state index contributed by atoms with van der Waals surface area (Å²) in [5.74, 6) is -1.86. The number of aryl methyl sites for hydroxylation is 3. The Hall–Kier alpha value is -4.47. The summed E-state index contributed by atoms with van der Waals surface area (Å²) in [6.45, 7) is 5.98. The van der Waals surface area contributed by atoms with Crippen LogP contribution in [0.25, 0.3) is 11.8 Å². The van der Waals surface area contributed by atoms with E-state index in [9.17, 15) is 40.2 Å². The molecule has 0 bridgehead atoms. The summed E-state index contributed by atoms with van der Waals surface area (Å²) in [5.41, 5.74) is 8.22. The maximum atomic E-state index is 12.7. The van der Waals surface area contributed by atoms with Crippen molar-refractivity contribution in [1.29, 1.82) is 0 Å². The van der Waals surface area contributed by atoms with Crippen LogP contribution in [0.4, 0.5) is 0 Å². The van der Waals surface area contributed by atoms with Gasteiger partial charge in [0, 0.05) is 30.8 Å². The lowest BCUT2D eigenvalue weighted by molar-refractivity contribution is -0.283. The number of benzene rings is 1. The lowest BCUT2D eigenvalue weighted by atomic mass is 9.92. The van der Waals surface area contributed by atoms with Crippen LogP contribution in [0.1, 0.15) is 33.6 Å². The molecule has 5 rings (SSSR count). The van der Waals surface area contributed by atoms with Crippen molar-refractivity contribution in [2.24, 2.45) is 15.3 Å². The number of nitrogens with one attached hydrogen (secondary N) is 3. The number of carbonyl (C=O) groups is 2. The second-order valence-corrected chi connectivity index (χ2v) is 12.5. The fourth-order valence-corrected chi connectivity index (χ4v) is 6.20. The molecular weight excluding hydrogens is 684 g/mol. The Bertz CT molecular complexity index is 1910. The van der Waals surface area contributed by atoms with Crippen LogP contribution in [-0.2, 0) is 28.5 Å². The first-order valence-corrected chi connectivity index (χ1v) is 16.1. The van der Waals surface area contributed by atoms with Gasteiger partial charge >= 0.3 is 0 Å². The highest BCUT2D eigenvalue weighted by Crippen LogP contribution is 2.28. The summed E-state index contributed by atoms with van der Waals surface area (Å²) in [6, 6.07) is 11.2. The molecule has 18 nitrogen and oxygen atoms in total. The number of ether oxygens (including phenoxy) is 4. The van der Waals surface area contributed by atoms with E-state index in [0.29, 0.717) is 22.1 Å². The molecule has 3 aromatic rings. The van der Waals surface area contributed by atoms with Crippen LogP contribution in [-0.4, -0.2) is 134 Å². The number of methoxy groups -OCH3 is 2. The predicted molar refractivity (Wildman–Crippen MR) is 181 cm³/mol. The Morgan fingerprint density at radius 1 is 0.788 bits per heavy atom. The smallest absolute Gasteiger partial charge is 0.296 e. The molecule has 2 aliphatic rings. The number of carbonyl (C=O) groups excluding carboxylic acids is 2. The first kappa shape index (κ1) is 38.8. The van der Waals surface area contributed by atoms with Crippen molar-refractivity contribution in [2.75, 3.05) is 14.2 Å². The van der Waals surface area contributed by atoms with Crippen LogP contribution in [0.2, 0.25) is 0 Å². The molecule has 0 spiro atoms. The maximum Gasteiger partial charge on any atom is 0.296 e. The quantitative estimate of drug-likeness (QED) is 0.0634. The molecule has 10 atom stereocenters. The van der Waals surface area contributed by atoms with E-state index in [2.05, 4.69) is 42.9 Å². The number of azo groups is 1. The molecule has 4 heterocycles. The molecule has 280 valence electrons. The van der Waals surface area contributed by atoms with Crippen LogP contribution in [0.3, 0.4) is 0 Å². The molecule has 0 radical (unpaired) electrons. The normalized spacial score (nSPS) is 30.6. The number of aliphatic hydroxyl groups excluding tert-OH is 6. The summed E-state index contributed by atoms with van der Waals surface area (Å²) >= 11 is 0. The summed E-state index contributed by atoms with van der Waals surface area (Å²) in [7, 11) is 2.43. The number of hydrazone groups is 1. The highest BCUT2D eigenvalue weighted by molar-refractivity contribution is 5.86. The van der Waals surface area contributed by atoms with Crippen LogP contribution >= 0.6 is 0 Å². The third kappa shape index (κ3) is 8.11. The van der Waals surface area contributed by atoms with Crippen molar-refractivity contribution >= 4 is 29.8 Å². The Balaban J connectivity index is 1.41. The number of nitrogens with zero attached hydrogens (tertiary/aromatic N) is 3. The van der Waals surface area contributed by atoms with E-state index in [-0.39, 0.29) is 0 Å². The van der Waals surface area contributed by atoms with Gasteiger partial charge in [0.05, 0.1) is 23.5 Å². The molecule has 2 amide bonds. The molecule has 0 aliphatic carbocycles. The van der Waals surface area contributed by atoms with Crippen LogP contribution in [0.15, 0.2) is 51.7 Å². The maximum absolute atomic E-state index is 12.7. The van der Waals surface area contributed by atoms with Gasteiger partial charge in [-0.15, -0.1) is 5.11 Å². The van der Waals surface area contributed by atoms with Gasteiger partial charge in [0.1, 0.15) is 36.6 Å². The summed E-state index contributed by atoms with van der Waals surface area (Å²) in [6.07, 6.45) is -13.2. The summed E-state index contributed by atoms with van der Waals surface area (Å²) in [5, 5.41) is 73.0. The minimum atomic E-state index is -1.75. The van der Waals surface area contributed by atoms with Gasteiger partial charge in [0.15, 0.2) is 24.8 Å². The number of amides is 2. The summed E-state index contributed by atoms with van der Waals surface area (Å²) in [4.78, 5) is 31.9. The minimum Gasteiger partial charge on any atom is -0.387 e. The van der Waals surface area contributed by atoms with E-state index in [1.807, 2.05) is 32.9 Å². The van der Waals surface area contributed by atoms with Gasteiger partial charge in [-0.1, -0.05) is 17.7 Å². The van der Waals surface area contributed by atoms with Crippen molar-refractivity contribution in [3.63, 3.8) is 0 Å². The third-order valence-electron chi connectivity index (χ3n) is 8.72. The average Bonchev–Trinajstić information content (AvgIpc) is 3.78. The van der Waals surface area contributed by atoms with Crippen molar-refractivity contribution in [1.82, 2.24) is 15.4 Å². The first-order valence-electron chi connectivity index (χ1n) is 16.1. The predicted octanol–water partition coefficient (Wildman–Crippen LogP) is -2.41. The molecule has 2 saturated heterocycles. The molecule has 0 saturated carbocycles. The highest BCUT2D eigenvalue weighted by Gasteiger charge is 2.48. The average molecular weight is 727 g/mol. The van der Waals surface area contributed by atoms with Crippen LogP contribution < -0.4 is 16.1 Å². The fourth-order valence-electron chi connectivity index (χ4n) is 6.20. The van der Waals surface area contributed by atoms with Crippen molar-refractivity contribution < 1.29 is 59.2 Å². The van der Waals surface area contributed by atoms with Gasteiger partial charge in [-0.25, -0.2) is 5.43 Å². The topological polar surface area (TPSA) is 273 Å². The molecule has 1 aromatic carbocycles. The van der Waals surface area contributed by atoms with Gasteiger partial charge in [-0.2, -0.15) is 10.2 Å². The molecular formula is C34H42N6O12. The van der Waals surface area contributed by atoms with Gasteiger partial charge in [-0.3, -0.25) is 9.59 Å². The van der Waals surface area contributed by atoms with E-state index < -0.39 is 73.2 Å². The lowest BCUT2D eigenvalue weighted by Crippen LogP contribution is -2.61. The second-order valence-electron chi connectivity index (χ2n) is 12.5. The molecule has 9 N–H and O–H groups in total. The lowest BCUT2D eigenvalue weighted by Gasteiger charge is -2.38. The van der Waals surface area contributed by atoms with E-state index in [1.54, 1.807) is 12.1 Å². The number of aliphatic hydroxyl groups is 6.